The SMILES string of the molecule is C=N[C@]12[C@H](C)[C@H]3O[C@]34OC(=O)[C@@](C)(O)[C@]4(C)[C@@H]1[C@H](O)[C@H]1[C@H]3[C@H]([C@H](OC(C)=O)[C@H](OC(C)=O)[C@@]12C)[C@]1(C)[C@H](C[C@@H]2O[C@@H]2[C@@H]1OC(C)=O)C(=O)[C@@H]3OC(=O)CCCCn1cc(COc2ccc3c(c2)Oc2cc(O)ccc2C32OC(=O)c3ccccc32)nn1. The van der Waals surface area contributed by atoms with Crippen LogP contribution in [0.4, 0.5) is 0 Å². The Morgan fingerprint density at radius 2 is 1.55 bits per heavy atom. The molecule has 1 unspecified atom stereocenters. The molecule has 14 rings (SSSR count). The Labute approximate surface area is 498 Å². The van der Waals surface area contributed by atoms with Crippen LogP contribution in [0, 0.1) is 51.8 Å². The monoisotopic (exact) mass is 1200 g/mol. The van der Waals surface area contributed by atoms with E-state index in [2.05, 4.69) is 17.0 Å². The number of aliphatic hydroxyl groups is 2. The van der Waals surface area contributed by atoms with Crippen molar-refractivity contribution in [2.24, 2.45) is 56.7 Å². The zero-order valence-corrected chi connectivity index (χ0v) is 49.0. The first-order valence-corrected chi connectivity index (χ1v) is 29.5. The Balaban J connectivity index is 0.737. The second-order valence-electron chi connectivity index (χ2n) is 26.0. The number of benzene rings is 3. The summed E-state index contributed by atoms with van der Waals surface area (Å²) in [5.41, 5.74) is -7.82. The summed E-state index contributed by atoms with van der Waals surface area (Å²) in [5, 5.41) is 45.1. The van der Waals surface area contributed by atoms with Crippen molar-refractivity contribution < 1.29 is 96.2 Å². The van der Waals surface area contributed by atoms with Crippen LogP contribution in [-0.4, -0.2) is 144 Å². The largest absolute Gasteiger partial charge is 0.508 e. The van der Waals surface area contributed by atoms with Gasteiger partial charge in [0.05, 0.1) is 34.9 Å². The number of ether oxygens (including phenoxy) is 10. The lowest BCUT2D eigenvalue weighted by Gasteiger charge is -2.66. The zero-order valence-electron chi connectivity index (χ0n) is 49.0. The molecule has 6 heterocycles. The van der Waals surface area contributed by atoms with Gasteiger partial charge in [-0.3, -0.25) is 33.6 Å². The average Bonchev–Trinajstić information content (AvgIpc) is 1.45. The van der Waals surface area contributed by atoms with E-state index in [0.717, 1.165) is 0 Å². The topological polar surface area (TPSA) is 322 Å². The first-order valence-electron chi connectivity index (χ1n) is 29.5. The van der Waals surface area contributed by atoms with Crippen molar-refractivity contribution in [3.05, 3.63) is 94.8 Å². The van der Waals surface area contributed by atoms with Crippen LogP contribution < -0.4 is 9.47 Å². The number of carbonyl (C=O) groups is 7. The minimum Gasteiger partial charge on any atom is -0.508 e. The number of hydrogen-bond acceptors (Lipinski definition) is 23. The van der Waals surface area contributed by atoms with Gasteiger partial charge >= 0.3 is 35.8 Å². The maximum atomic E-state index is 15.8. The number of nitrogens with zero attached hydrogens (tertiary/aromatic N) is 4. The average molecular weight is 1200 g/mol. The van der Waals surface area contributed by atoms with E-state index in [1.54, 1.807) is 75.0 Å². The normalized spacial score (nSPS) is 41.3. The molecular weight excluding hydrogens is 1130 g/mol. The lowest BCUT2D eigenvalue weighted by Crippen LogP contribution is -2.77. The summed E-state index contributed by atoms with van der Waals surface area (Å²) in [6, 6.07) is 16.9. The molecule has 21 atom stereocenters. The number of aromatic nitrogens is 3. The predicted molar refractivity (Wildman–Crippen MR) is 293 cm³/mol. The molecule has 24 heteroatoms. The molecule has 458 valence electrons. The van der Waals surface area contributed by atoms with Gasteiger partial charge < -0.3 is 62.7 Å². The molecule has 1 aromatic heterocycles. The maximum absolute atomic E-state index is 15.8. The van der Waals surface area contributed by atoms with Gasteiger partial charge in [0.2, 0.25) is 0 Å². The van der Waals surface area contributed by atoms with Crippen LogP contribution in [0.25, 0.3) is 0 Å². The second-order valence-corrected chi connectivity index (χ2v) is 26.0. The van der Waals surface area contributed by atoms with Gasteiger partial charge in [-0.1, -0.05) is 44.2 Å². The molecule has 3 aromatic carbocycles. The Hall–Kier alpha value is -7.80. The minimum absolute atomic E-state index is 0.00375. The number of ketones is 1. The summed E-state index contributed by atoms with van der Waals surface area (Å²) in [5.74, 6) is -12.9. The number of Topliss-reactive ketones (excluding diaryl/α,β-unsaturated/α-hetero) is 1. The summed E-state index contributed by atoms with van der Waals surface area (Å²) in [7, 11) is 0. The van der Waals surface area contributed by atoms with Gasteiger partial charge in [-0.05, 0) is 70.2 Å². The number of carbonyl (C=O) groups excluding carboxylic acids is 7. The van der Waals surface area contributed by atoms with Gasteiger partial charge in [-0.2, -0.15) is 0 Å². The summed E-state index contributed by atoms with van der Waals surface area (Å²) in [6.07, 6.45) is -7.45. The van der Waals surface area contributed by atoms with E-state index < -0.39 is 165 Å². The van der Waals surface area contributed by atoms with E-state index in [1.165, 1.54) is 39.8 Å². The number of epoxide rings is 2. The van der Waals surface area contributed by atoms with Gasteiger partial charge in [0.25, 0.3) is 5.79 Å². The molecule has 5 aliphatic carbocycles. The summed E-state index contributed by atoms with van der Waals surface area (Å²) in [4.78, 5) is 103. The Morgan fingerprint density at radius 3 is 2.28 bits per heavy atom. The molecule has 3 N–H and O–H groups in total. The van der Waals surface area contributed by atoms with Crippen LogP contribution in [0.2, 0.25) is 0 Å². The van der Waals surface area contributed by atoms with E-state index in [1.807, 2.05) is 12.1 Å². The Morgan fingerprint density at radius 1 is 0.851 bits per heavy atom. The number of aliphatic hydroxyl groups excluding tert-OH is 1. The molecular formula is C63H66N4O20. The third-order valence-electron chi connectivity index (χ3n) is 22.1. The molecule has 0 radical (unpaired) electrons. The molecule has 5 aliphatic heterocycles. The number of aliphatic imine (C=N–C) groups is 1. The molecule has 4 aromatic rings. The first-order chi connectivity index (χ1) is 41.3. The Bertz CT molecular complexity index is 3700. The van der Waals surface area contributed by atoms with E-state index in [0.29, 0.717) is 58.2 Å². The van der Waals surface area contributed by atoms with E-state index in [9.17, 15) is 44.1 Å². The zero-order chi connectivity index (χ0) is 61.6. The molecule has 8 fully saturated rings. The third-order valence-corrected chi connectivity index (χ3v) is 22.1. The second kappa shape index (κ2) is 18.9. The number of hydrogen-bond donors (Lipinski definition) is 3. The van der Waals surface area contributed by atoms with Gasteiger partial charge in [-0.25, -0.2) is 9.59 Å². The lowest BCUT2D eigenvalue weighted by molar-refractivity contribution is -0.276. The number of aromatic hydroxyl groups is 1. The Kier molecular flexibility index (Phi) is 12.4. The van der Waals surface area contributed by atoms with E-state index in [4.69, 9.17) is 52.4 Å². The summed E-state index contributed by atoms with van der Waals surface area (Å²) in [6.45, 7) is 16.0. The third kappa shape index (κ3) is 7.31. The van der Waals surface area contributed by atoms with Gasteiger partial charge in [0.1, 0.15) is 65.8 Å². The van der Waals surface area contributed by atoms with Crippen LogP contribution >= 0.6 is 0 Å². The van der Waals surface area contributed by atoms with Crippen LogP contribution in [0.1, 0.15) is 114 Å². The molecule has 2 spiro atoms. The number of phenolic OH excluding ortho intramolecular Hbond substituents is 1. The fraction of sp³-hybridized carbons (Fsp3) is 0.556. The van der Waals surface area contributed by atoms with E-state index in [-0.39, 0.29) is 31.6 Å². The van der Waals surface area contributed by atoms with Crippen molar-refractivity contribution in [1.82, 2.24) is 15.0 Å². The van der Waals surface area contributed by atoms with Crippen LogP contribution in [0.5, 0.6) is 23.0 Å². The van der Waals surface area contributed by atoms with Crippen molar-refractivity contribution >= 4 is 48.3 Å². The van der Waals surface area contributed by atoms with Crippen LogP contribution in [-0.2, 0) is 85.4 Å². The molecule has 0 amide bonds. The number of unbranched alkanes of at least 4 members (excludes halogenated alkanes) is 1. The highest BCUT2D eigenvalue weighted by Gasteiger charge is 2.97. The van der Waals surface area contributed by atoms with Crippen molar-refractivity contribution in [2.75, 3.05) is 0 Å². The minimum atomic E-state index is -2.33. The summed E-state index contributed by atoms with van der Waals surface area (Å²) < 4.78 is 64.2. The number of phenols is 1. The molecule has 10 aliphatic rings. The summed E-state index contributed by atoms with van der Waals surface area (Å²) >= 11 is 0. The number of fused-ring (bicyclic) bond motifs is 15. The van der Waals surface area contributed by atoms with Crippen molar-refractivity contribution in [3.63, 3.8) is 0 Å². The highest BCUT2D eigenvalue weighted by Crippen LogP contribution is 2.83. The molecule has 87 heavy (non-hydrogen) atoms. The van der Waals surface area contributed by atoms with E-state index >= 15 is 4.79 Å². The number of rotatable bonds is 13. The first kappa shape index (κ1) is 57.0. The smallest absolute Gasteiger partial charge is 0.341 e. The fourth-order valence-corrected chi connectivity index (χ4v) is 18.5. The van der Waals surface area contributed by atoms with Crippen LogP contribution in [0.15, 0.2) is 71.9 Å². The standard InChI is InChI=1S/C63H66N4O20/c1-27-52-63(85-52)59(7,60(8,77)56(76)87-63)51-47(74)44-43-45(50(79-28(2)68)54(81-30(4)70)58(44,6)62(27,51)64-9)57(5)38(24-41-48(83-41)53(57)80-29(3)69)46(73)49(43)84-42(72)16-12-13-21-67-25-31(65-66-67)26-78-33-18-20-37-40(23-33)82-39-22-32(71)17-19-36(39)61(37)35-15-11-10-14-34(35)55(75)86-61/h10-11,14-15,17-20,22-23,25,27,38,41,43-45,47-54,71,74,77H,9,12-13,16,21,24,26H2,1-8H3/t27-,38-,41+,43+,44-,45-,47-,48+,49-,50+,51+,52-,53+,54+,57+,58-,59+,60-,61?,62-,63+/m1/s1. The fourth-order valence-electron chi connectivity index (χ4n) is 18.5. The molecule has 5 saturated carbocycles. The number of aryl methyl sites for hydroxylation is 1. The van der Waals surface area contributed by atoms with Gasteiger partial charge in [0, 0.05) is 109 Å². The number of esters is 6. The molecule has 24 nitrogen and oxygen atoms in total. The van der Waals surface area contributed by atoms with Crippen molar-refractivity contribution in [2.45, 2.75) is 166 Å². The predicted octanol–water partition coefficient (Wildman–Crippen LogP) is 4.74. The van der Waals surface area contributed by atoms with Crippen LogP contribution in [0.3, 0.4) is 0 Å². The van der Waals surface area contributed by atoms with Gasteiger partial charge in [-0.15, -0.1) is 5.10 Å². The molecule has 0 bridgehead atoms. The quantitative estimate of drug-likeness (QED) is 0.0535. The highest BCUT2D eigenvalue weighted by atomic mass is 16.8. The molecule has 3 saturated heterocycles. The lowest BCUT2D eigenvalue weighted by atomic mass is 9.39. The highest BCUT2D eigenvalue weighted by molar-refractivity contribution is 5.97. The van der Waals surface area contributed by atoms with Gasteiger partial charge in [0.15, 0.2) is 23.1 Å². The van der Waals surface area contributed by atoms with Crippen molar-refractivity contribution in [3.8, 4) is 23.0 Å². The maximum Gasteiger partial charge on any atom is 0.341 e. The van der Waals surface area contributed by atoms with Crippen molar-refractivity contribution in [1.29, 1.82) is 0 Å².